The van der Waals surface area contributed by atoms with Crippen molar-refractivity contribution in [2.75, 3.05) is 36.5 Å². The van der Waals surface area contributed by atoms with Crippen molar-refractivity contribution in [2.45, 2.75) is 6.54 Å². The zero-order valence-electron chi connectivity index (χ0n) is 14.9. The van der Waals surface area contributed by atoms with Crippen LogP contribution < -0.4 is 15.5 Å². The minimum Gasteiger partial charge on any atom is -0.378 e. The van der Waals surface area contributed by atoms with E-state index in [0.29, 0.717) is 19.8 Å². The van der Waals surface area contributed by atoms with Gasteiger partial charge >= 0.3 is 0 Å². The van der Waals surface area contributed by atoms with Gasteiger partial charge in [0.05, 0.1) is 24.6 Å². The van der Waals surface area contributed by atoms with Crippen molar-refractivity contribution in [3.63, 3.8) is 0 Å². The number of hydrogen-bond donors (Lipinski definition) is 2. The number of carbonyl (C=O) groups is 1. The molecule has 2 aromatic rings. The molecule has 138 valence electrons. The Morgan fingerprint density at radius 3 is 2.81 bits per heavy atom. The minimum absolute atomic E-state index is 0.00988. The van der Waals surface area contributed by atoms with Gasteiger partial charge in [0.1, 0.15) is 11.6 Å². The Hall–Kier alpha value is -3.37. The number of ether oxygens (including phenoxy) is 1. The van der Waals surface area contributed by atoms with Gasteiger partial charge in [-0.25, -0.2) is 0 Å². The van der Waals surface area contributed by atoms with Crippen LogP contribution in [-0.2, 0) is 16.1 Å². The third-order valence-corrected chi connectivity index (χ3v) is 4.17. The summed E-state index contributed by atoms with van der Waals surface area (Å²) in [7, 11) is 0. The lowest BCUT2D eigenvalue weighted by Crippen LogP contribution is -2.36. The predicted molar refractivity (Wildman–Crippen MR) is 103 cm³/mol. The van der Waals surface area contributed by atoms with Crippen molar-refractivity contribution in [1.29, 1.82) is 5.26 Å². The highest BCUT2D eigenvalue weighted by atomic mass is 16.5. The van der Waals surface area contributed by atoms with E-state index >= 15 is 0 Å². The molecule has 0 aliphatic carbocycles. The zero-order valence-corrected chi connectivity index (χ0v) is 14.9. The number of hydrogen-bond acceptors (Lipinski definition) is 6. The number of nitriles is 1. The normalized spacial score (nSPS) is 14.3. The van der Waals surface area contributed by atoms with Crippen molar-refractivity contribution in [3.05, 3.63) is 66.1 Å². The number of para-hydroxylation sites is 2. The number of aromatic nitrogens is 1. The average molecular weight is 363 g/mol. The number of amides is 1. The van der Waals surface area contributed by atoms with Crippen LogP contribution in [0.5, 0.6) is 0 Å². The molecule has 1 fully saturated rings. The molecular formula is C20H21N5O2. The van der Waals surface area contributed by atoms with Gasteiger partial charge in [0, 0.05) is 38.2 Å². The zero-order chi connectivity index (χ0) is 18.9. The van der Waals surface area contributed by atoms with Gasteiger partial charge in [-0.1, -0.05) is 18.2 Å². The van der Waals surface area contributed by atoms with Gasteiger partial charge in [-0.15, -0.1) is 0 Å². The fourth-order valence-electron chi connectivity index (χ4n) is 2.75. The predicted octanol–water partition coefficient (Wildman–Crippen LogP) is 2.05. The van der Waals surface area contributed by atoms with Gasteiger partial charge < -0.3 is 20.3 Å². The second-order valence-electron chi connectivity index (χ2n) is 5.97. The van der Waals surface area contributed by atoms with Gasteiger partial charge in [0.2, 0.25) is 0 Å². The van der Waals surface area contributed by atoms with Crippen LogP contribution in [0.3, 0.4) is 0 Å². The largest absolute Gasteiger partial charge is 0.378 e. The van der Waals surface area contributed by atoms with Crippen LogP contribution in [0.1, 0.15) is 5.56 Å². The van der Waals surface area contributed by atoms with E-state index in [9.17, 15) is 10.1 Å². The number of morpholine rings is 1. The van der Waals surface area contributed by atoms with E-state index < -0.39 is 5.91 Å². The third kappa shape index (κ3) is 5.06. The summed E-state index contributed by atoms with van der Waals surface area (Å²) >= 11 is 0. The van der Waals surface area contributed by atoms with Crippen LogP contribution in [0.15, 0.2) is 60.6 Å². The molecule has 7 nitrogen and oxygen atoms in total. The van der Waals surface area contributed by atoms with Crippen molar-refractivity contribution >= 4 is 17.3 Å². The van der Waals surface area contributed by atoms with E-state index in [1.807, 2.05) is 36.4 Å². The van der Waals surface area contributed by atoms with Crippen molar-refractivity contribution in [2.24, 2.45) is 0 Å². The standard InChI is InChI=1S/C20H21N5O2/c21-12-17(20(26)24-14-16-4-3-7-22-13-16)15-23-18-5-1-2-6-19(18)25-8-10-27-11-9-25/h1-7,13,15,23H,8-11,14H2,(H,24,26)/b17-15-. The highest BCUT2D eigenvalue weighted by Crippen LogP contribution is 2.26. The number of pyridine rings is 1. The van der Waals surface area contributed by atoms with E-state index in [-0.39, 0.29) is 5.57 Å². The van der Waals surface area contributed by atoms with Crippen molar-refractivity contribution in [3.8, 4) is 6.07 Å². The Labute approximate surface area is 158 Å². The molecule has 1 aromatic carbocycles. The molecule has 1 aromatic heterocycles. The van der Waals surface area contributed by atoms with Crippen LogP contribution in [0.2, 0.25) is 0 Å². The first kappa shape index (κ1) is 18.4. The minimum atomic E-state index is -0.433. The first-order chi connectivity index (χ1) is 13.3. The van der Waals surface area contributed by atoms with Gasteiger partial charge in [0.25, 0.3) is 5.91 Å². The fraction of sp³-hybridized carbons (Fsp3) is 0.250. The van der Waals surface area contributed by atoms with Crippen molar-refractivity contribution < 1.29 is 9.53 Å². The van der Waals surface area contributed by atoms with Crippen LogP contribution in [0, 0.1) is 11.3 Å². The second-order valence-corrected chi connectivity index (χ2v) is 5.97. The maximum Gasteiger partial charge on any atom is 0.263 e. The highest BCUT2D eigenvalue weighted by molar-refractivity contribution is 5.97. The van der Waals surface area contributed by atoms with E-state index in [1.165, 1.54) is 6.20 Å². The molecule has 2 N–H and O–H groups in total. The molecule has 3 rings (SSSR count). The maximum atomic E-state index is 12.3. The van der Waals surface area contributed by atoms with Gasteiger partial charge in [-0.2, -0.15) is 5.26 Å². The van der Waals surface area contributed by atoms with Crippen LogP contribution in [0.4, 0.5) is 11.4 Å². The quantitative estimate of drug-likeness (QED) is 0.603. The summed E-state index contributed by atoms with van der Waals surface area (Å²) in [5.41, 5.74) is 2.74. The number of rotatable bonds is 6. The molecule has 1 amide bonds. The van der Waals surface area contributed by atoms with E-state index in [4.69, 9.17) is 4.74 Å². The molecule has 0 radical (unpaired) electrons. The first-order valence-electron chi connectivity index (χ1n) is 8.73. The number of nitrogens with one attached hydrogen (secondary N) is 2. The Balaban J connectivity index is 1.66. The van der Waals surface area contributed by atoms with Crippen LogP contribution in [-0.4, -0.2) is 37.2 Å². The summed E-state index contributed by atoms with van der Waals surface area (Å²) in [4.78, 5) is 18.5. The molecule has 27 heavy (non-hydrogen) atoms. The van der Waals surface area contributed by atoms with E-state index in [2.05, 4.69) is 20.5 Å². The number of carbonyl (C=O) groups excluding carboxylic acids is 1. The molecule has 0 saturated carbocycles. The summed E-state index contributed by atoms with van der Waals surface area (Å²) in [6, 6.07) is 13.4. The monoisotopic (exact) mass is 363 g/mol. The highest BCUT2D eigenvalue weighted by Gasteiger charge is 2.14. The lowest BCUT2D eigenvalue weighted by atomic mass is 10.2. The molecule has 2 heterocycles. The number of benzene rings is 1. The number of anilines is 2. The van der Waals surface area contributed by atoms with Crippen LogP contribution in [0.25, 0.3) is 0 Å². The fourth-order valence-corrected chi connectivity index (χ4v) is 2.75. The number of nitrogens with zero attached hydrogens (tertiary/aromatic N) is 3. The topological polar surface area (TPSA) is 90.3 Å². The molecule has 7 heteroatoms. The van der Waals surface area contributed by atoms with E-state index in [1.54, 1.807) is 18.5 Å². The molecule has 1 aliphatic heterocycles. The third-order valence-electron chi connectivity index (χ3n) is 4.17. The summed E-state index contributed by atoms with van der Waals surface area (Å²) in [6.07, 6.45) is 4.78. The Bertz CT molecular complexity index is 839. The lowest BCUT2D eigenvalue weighted by Gasteiger charge is -2.30. The maximum absolute atomic E-state index is 12.3. The molecule has 0 unspecified atom stereocenters. The summed E-state index contributed by atoms with van der Waals surface area (Å²) in [6.45, 7) is 3.29. The molecule has 1 aliphatic rings. The Morgan fingerprint density at radius 2 is 2.07 bits per heavy atom. The van der Waals surface area contributed by atoms with Gasteiger partial charge in [0.15, 0.2) is 0 Å². The molecular weight excluding hydrogens is 342 g/mol. The Morgan fingerprint density at radius 1 is 1.26 bits per heavy atom. The summed E-state index contributed by atoms with van der Waals surface area (Å²) < 4.78 is 5.40. The SMILES string of the molecule is N#C/C(=C/Nc1ccccc1N1CCOCC1)C(=O)NCc1cccnc1. The van der Waals surface area contributed by atoms with E-state index in [0.717, 1.165) is 30.0 Å². The van der Waals surface area contributed by atoms with Crippen LogP contribution >= 0.6 is 0 Å². The lowest BCUT2D eigenvalue weighted by molar-refractivity contribution is -0.117. The summed E-state index contributed by atoms with van der Waals surface area (Å²) in [5, 5.41) is 15.2. The molecule has 0 bridgehead atoms. The van der Waals surface area contributed by atoms with Gasteiger partial charge in [-0.05, 0) is 23.8 Å². The summed E-state index contributed by atoms with van der Waals surface area (Å²) in [5.74, 6) is -0.433. The average Bonchev–Trinajstić information content (AvgIpc) is 2.74. The smallest absolute Gasteiger partial charge is 0.263 e. The molecule has 0 spiro atoms. The second kappa shape index (κ2) is 9.36. The molecule has 1 saturated heterocycles. The van der Waals surface area contributed by atoms with Gasteiger partial charge in [-0.3, -0.25) is 9.78 Å². The Kier molecular flexibility index (Phi) is 6.39. The molecule has 0 atom stereocenters. The first-order valence-corrected chi connectivity index (χ1v) is 8.73. The van der Waals surface area contributed by atoms with Crippen molar-refractivity contribution in [1.82, 2.24) is 10.3 Å².